The largest absolute Gasteiger partial charge is 0.475 e. The molecule has 0 atom stereocenters. The van der Waals surface area contributed by atoms with Gasteiger partial charge in [0.15, 0.2) is 5.96 Å². The van der Waals surface area contributed by atoms with Crippen LogP contribution in [0.15, 0.2) is 22.6 Å². The topological polar surface area (TPSA) is 71.4 Å². The second-order valence-electron chi connectivity index (χ2n) is 5.39. The van der Waals surface area contributed by atoms with Gasteiger partial charge in [0.2, 0.25) is 5.88 Å². The molecule has 0 unspecified atom stereocenters. The minimum atomic E-state index is -4.49. The molecule has 6 nitrogen and oxygen atoms in total. The van der Waals surface area contributed by atoms with E-state index >= 15 is 0 Å². The lowest BCUT2D eigenvalue weighted by molar-refractivity contribution is -0.137. The Morgan fingerprint density at radius 1 is 1.33 bits per heavy atom. The van der Waals surface area contributed by atoms with Crippen molar-refractivity contribution in [3.05, 3.63) is 38.9 Å². The molecular weight excluding hydrogens is 403 g/mol. The molecule has 0 bridgehead atoms. The van der Waals surface area contributed by atoms with Crippen LogP contribution in [-0.2, 0) is 12.6 Å². The molecule has 0 aliphatic heterocycles. The monoisotopic (exact) mass is 421 g/mol. The Bertz CT molecular complexity index is 782. The van der Waals surface area contributed by atoms with E-state index in [1.807, 2.05) is 12.3 Å². The van der Waals surface area contributed by atoms with Gasteiger partial charge in [0.25, 0.3) is 0 Å². The van der Waals surface area contributed by atoms with Crippen molar-refractivity contribution >= 4 is 28.9 Å². The van der Waals surface area contributed by atoms with Crippen molar-refractivity contribution in [2.45, 2.75) is 19.5 Å². The van der Waals surface area contributed by atoms with E-state index in [9.17, 15) is 13.2 Å². The Labute approximate surface area is 163 Å². The van der Waals surface area contributed by atoms with Crippen LogP contribution >= 0.6 is 22.9 Å². The second-order valence-corrected chi connectivity index (χ2v) is 6.86. The number of thiazole rings is 1. The highest BCUT2D eigenvalue weighted by Crippen LogP contribution is 2.32. The molecule has 0 radical (unpaired) electrons. The quantitative estimate of drug-likeness (QED) is 0.408. The minimum Gasteiger partial charge on any atom is -0.475 e. The number of rotatable bonds is 7. The number of ether oxygens (including phenoxy) is 1. The Hall–Kier alpha value is -2.07. The predicted molar refractivity (Wildman–Crippen MR) is 99.7 cm³/mol. The van der Waals surface area contributed by atoms with Gasteiger partial charge >= 0.3 is 6.18 Å². The van der Waals surface area contributed by atoms with E-state index in [-0.39, 0.29) is 17.5 Å². The zero-order valence-corrected chi connectivity index (χ0v) is 16.3. The van der Waals surface area contributed by atoms with Crippen LogP contribution in [0.3, 0.4) is 0 Å². The van der Waals surface area contributed by atoms with Gasteiger partial charge in [0, 0.05) is 31.6 Å². The number of aromatic nitrogens is 2. The molecule has 11 heteroatoms. The van der Waals surface area contributed by atoms with Gasteiger partial charge in [-0.3, -0.25) is 4.99 Å². The summed E-state index contributed by atoms with van der Waals surface area (Å²) < 4.78 is 43.0. The maximum atomic E-state index is 12.6. The van der Waals surface area contributed by atoms with E-state index < -0.39 is 11.7 Å². The lowest BCUT2D eigenvalue weighted by atomic mass is 10.3. The van der Waals surface area contributed by atoms with Crippen LogP contribution in [0.2, 0.25) is 5.02 Å². The molecule has 0 aliphatic rings. The van der Waals surface area contributed by atoms with Crippen molar-refractivity contribution in [2.24, 2.45) is 4.99 Å². The van der Waals surface area contributed by atoms with Crippen molar-refractivity contribution < 1.29 is 17.9 Å². The number of nitrogens with one attached hydrogen (secondary N) is 2. The lowest BCUT2D eigenvalue weighted by Crippen LogP contribution is -2.40. The van der Waals surface area contributed by atoms with Crippen LogP contribution in [-0.4, -0.2) is 42.7 Å². The highest BCUT2D eigenvalue weighted by molar-refractivity contribution is 7.09. The van der Waals surface area contributed by atoms with Gasteiger partial charge in [-0.25, -0.2) is 9.97 Å². The van der Waals surface area contributed by atoms with Crippen LogP contribution in [0.25, 0.3) is 0 Å². The van der Waals surface area contributed by atoms with Gasteiger partial charge < -0.3 is 15.4 Å². The normalized spacial score (nSPS) is 12.1. The highest BCUT2D eigenvalue weighted by atomic mass is 35.5. The summed E-state index contributed by atoms with van der Waals surface area (Å²) in [4.78, 5) is 12.1. The molecular formula is C16H19ClF3N5OS. The maximum Gasteiger partial charge on any atom is 0.417 e. The molecule has 2 aromatic rings. The third-order valence-corrected chi connectivity index (χ3v) is 4.42. The Kier molecular flexibility index (Phi) is 7.66. The predicted octanol–water partition coefficient (Wildman–Crippen LogP) is 3.31. The van der Waals surface area contributed by atoms with Crippen molar-refractivity contribution in [1.82, 2.24) is 20.6 Å². The fourth-order valence-electron chi connectivity index (χ4n) is 2.06. The number of hydrogen-bond donors (Lipinski definition) is 2. The highest BCUT2D eigenvalue weighted by Gasteiger charge is 2.31. The van der Waals surface area contributed by atoms with Gasteiger partial charge in [0.05, 0.1) is 22.8 Å². The smallest absolute Gasteiger partial charge is 0.417 e. The van der Waals surface area contributed by atoms with Crippen molar-refractivity contribution in [1.29, 1.82) is 0 Å². The third-order valence-electron chi connectivity index (χ3n) is 3.33. The molecule has 0 spiro atoms. The summed E-state index contributed by atoms with van der Waals surface area (Å²) in [7, 11) is 1.64. The van der Waals surface area contributed by atoms with Crippen LogP contribution in [0.4, 0.5) is 13.2 Å². The number of hydrogen-bond acceptors (Lipinski definition) is 5. The molecule has 0 saturated carbocycles. The second kappa shape index (κ2) is 9.75. The zero-order valence-electron chi connectivity index (χ0n) is 14.7. The van der Waals surface area contributed by atoms with Gasteiger partial charge in [-0.05, 0) is 13.0 Å². The Morgan fingerprint density at radius 2 is 2.07 bits per heavy atom. The van der Waals surface area contributed by atoms with E-state index in [1.54, 1.807) is 18.4 Å². The van der Waals surface area contributed by atoms with Crippen LogP contribution in [0.5, 0.6) is 5.88 Å². The summed E-state index contributed by atoms with van der Waals surface area (Å²) in [5.74, 6) is 0.533. The summed E-state index contributed by atoms with van der Waals surface area (Å²) >= 11 is 7.39. The number of aryl methyl sites for hydroxylation is 1. The molecule has 2 rings (SSSR count). The van der Waals surface area contributed by atoms with Crippen LogP contribution < -0.4 is 15.4 Å². The van der Waals surface area contributed by atoms with Crippen molar-refractivity contribution in [3.8, 4) is 5.88 Å². The fourth-order valence-corrected chi connectivity index (χ4v) is 2.92. The summed E-state index contributed by atoms with van der Waals surface area (Å²) in [5.41, 5.74) is 0.102. The molecule has 148 valence electrons. The molecule has 27 heavy (non-hydrogen) atoms. The maximum absolute atomic E-state index is 12.6. The zero-order chi connectivity index (χ0) is 19.9. The molecule has 2 heterocycles. The van der Waals surface area contributed by atoms with E-state index in [1.165, 1.54) is 0 Å². The average Bonchev–Trinajstić information content (AvgIpc) is 3.02. The first-order chi connectivity index (χ1) is 12.8. The van der Waals surface area contributed by atoms with E-state index in [4.69, 9.17) is 16.3 Å². The molecule has 0 aliphatic carbocycles. The number of alkyl halides is 3. The van der Waals surface area contributed by atoms with Gasteiger partial charge in [-0.2, -0.15) is 13.2 Å². The Balaban J connectivity index is 1.71. The molecule has 0 fully saturated rings. The lowest BCUT2D eigenvalue weighted by Gasteiger charge is -2.13. The number of nitrogens with zero attached hydrogens (tertiary/aromatic N) is 3. The van der Waals surface area contributed by atoms with Crippen molar-refractivity contribution in [2.75, 3.05) is 26.7 Å². The Morgan fingerprint density at radius 3 is 2.67 bits per heavy atom. The molecule has 2 aromatic heterocycles. The first-order valence-corrected chi connectivity index (χ1v) is 9.26. The van der Waals surface area contributed by atoms with Crippen LogP contribution in [0.1, 0.15) is 16.3 Å². The minimum absolute atomic E-state index is 0.0479. The number of guanidine groups is 1. The van der Waals surface area contributed by atoms with Crippen LogP contribution in [0, 0.1) is 6.92 Å². The molecule has 0 aromatic carbocycles. The first kappa shape index (κ1) is 21.2. The SMILES string of the molecule is CN=C(NCCOc1ncc(C(F)(F)F)cc1Cl)NCCc1csc(C)n1. The summed E-state index contributed by atoms with van der Waals surface area (Å²) in [6.07, 6.45) is -3.03. The van der Waals surface area contributed by atoms with Gasteiger partial charge in [-0.15, -0.1) is 11.3 Å². The standard InChI is InChI=1S/C16H19ClF3N5OS/c1-10-25-12(9-27-10)3-4-22-15(21-2)23-5-6-26-14-13(17)7-11(8-24-14)16(18,19)20/h7-9H,3-6H2,1-2H3,(H2,21,22,23). The third kappa shape index (κ3) is 6.87. The van der Waals surface area contributed by atoms with E-state index in [2.05, 4.69) is 25.6 Å². The number of aliphatic imine (C=N–C) groups is 1. The van der Waals surface area contributed by atoms with E-state index in [0.717, 1.165) is 23.2 Å². The van der Waals surface area contributed by atoms with E-state index in [0.29, 0.717) is 25.2 Å². The first-order valence-electron chi connectivity index (χ1n) is 8.00. The number of halogens is 4. The van der Waals surface area contributed by atoms with Crippen molar-refractivity contribution in [3.63, 3.8) is 0 Å². The summed E-state index contributed by atoms with van der Waals surface area (Å²) in [6.45, 7) is 3.15. The summed E-state index contributed by atoms with van der Waals surface area (Å²) in [5, 5.41) is 9.03. The number of pyridine rings is 1. The molecule has 2 N–H and O–H groups in total. The van der Waals surface area contributed by atoms with Gasteiger partial charge in [0.1, 0.15) is 11.6 Å². The van der Waals surface area contributed by atoms with Gasteiger partial charge in [-0.1, -0.05) is 11.6 Å². The fraction of sp³-hybridized carbons (Fsp3) is 0.438. The molecule has 0 amide bonds. The molecule has 0 saturated heterocycles. The summed E-state index contributed by atoms with van der Waals surface area (Å²) in [6, 6.07) is 0.790. The average molecular weight is 422 g/mol.